The topological polar surface area (TPSA) is 9.23 Å². The Hall–Kier alpha value is -0.980. The van der Waals surface area contributed by atoms with Gasteiger partial charge in [-0.15, -0.1) is 0 Å². The summed E-state index contributed by atoms with van der Waals surface area (Å²) in [7, 11) is 0. The lowest BCUT2D eigenvalue weighted by Gasteiger charge is -2.22. The zero-order valence-electron chi connectivity index (χ0n) is 9.24. The Bertz CT molecular complexity index is 300. The molecule has 1 fully saturated rings. The molecule has 0 amide bonds. The molecule has 81 valence electrons. The van der Waals surface area contributed by atoms with E-state index >= 15 is 0 Å². The van der Waals surface area contributed by atoms with Gasteiger partial charge in [-0.05, 0) is 37.3 Å². The van der Waals surface area contributed by atoms with Crippen LogP contribution in [0, 0.1) is 12.8 Å². The summed E-state index contributed by atoms with van der Waals surface area (Å²) in [5, 5.41) is 0. The van der Waals surface area contributed by atoms with E-state index in [1.54, 1.807) is 0 Å². The van der Waals surface area contributed by atoms with Gasteiger partial charge in [0.2, 0.25) is 0 Å². The third kappa shape index (κ3) is 2.98. The molecule has 1 aliphatic carbocycles. The lowest BCUT2D eigenvalue weighted by atomic mass is 9.90. The highest BCUT2D eigenvalue weighted by atomic mass is 16.5. The fourth-order valence-corrected chi connectivity index (χ4v) is 2.21. The van der Waals surface area contributed by atoms with Crippen LogP contribution in [0.4, 0.5) is 0 Å². The molecule has 1 aromatic carbocycles. The van der Waals surface area contributed by atoms with Gasteiger partial charge in [0.05, 0.1) is 6.61 Å². The molecule has 0 saturated heterocycles. The second-order valence-electron chi connectivity index (χ2n) is 4.42. The zero-order valence-corrected chi connectivity index (χ0v) is 9.24. The van der Waals surface area contributed by atoms with Crippen LogP contribution in [0.25, 0.3) is 0 Å². The second kappa shape index (κ2) is 5.20. The summed E-state index contributed by atoms with van der Waals surface area (Å²) in [6.07, 6.45) is 6.82. The van der Waals surface area contributed by atoms with E-state index in [2.05, 4.69) is 6.92 Å². The van der Waals surface area contributed by atoms with Crippen molar-refractivity contribution in [2.24, 2.45) is 5.92 Å². The second-order valence-corrected chi connectivity index (χ2v) is 4.42. The fourth-order valence-electron chi connectivity index (χ4n) is 2.21. The maximum absolute atomic E-state index is 5.81. The van der Waals surface area contributed by atoms with Crippen molar-refractivity contribution in [1.82, 2.24) is 0 Å². The van der Waals surface area contributed by atoms with E-state index in [4.69, 9.17) is 4.74 Å². The predicted octanol–water partition coefficient (Wildman–Crippen LogP) is 3.83. The molecule has 1 heteroatoms. The standard InChI is InChI=1S/C14H19O/c1-12-7-5-6-10-14(12)15-11-13-8-3-2-4-9-13/h5-7,10,13H,1-4,8-9,11H2. The van der Waals surface area contributed by atoms with Crippen LogP contribution in [0.1, 0.15) is 37.7 Å². The number of hydrogen-bond acceptors (Lipinski definition) is 1. The van der Waals surface area contributed by atoms with Gasteiger partial charge in [-0.1, -0.05) is 37.5 Å². The van der Waals surface area contributed by atoms with Gasteiger partial charge in [0.15, 0.2) is 0 Å². The van der Waals surface area contributed by atoms with Gasteiger partial charge in [-0.2, -0.15) is 0 Å². The van der Waals surface area contributed by atoms with E-state index in [1.165, 1.54) is 32.1 Å². The van der Waals surface area contributed by atoms with Crippen LogP contribution in [0.5, 0.6) is 5.75 Å². The lowest BCUT2D eigenvalue weighted by Crippen LogP contribution is -2.15. The third-order valence-electron chi connectivity index (χ3n) is 3.17. The van der Waals surface area contributed by atoms with Crippen molar-refractivity contribution in [3.8, 4) is 5.75 Å². The Morgan fingerprint density at radius 3 is 2.60 bits per heavy atom. The number of ether oxygens (including phenoxy) is 1. The Kier molecular flexibility index (Phi) is 3.65. The first-order valence-electron chi connectivity index (χ1n) is 5.90. The van der Waals surface area contributed by atoms with E-state index in [0.717, 1.165) is 23.8 Å². The van der Waals surface area contributed by atoms with Crippen LogP contribution >= 0.6 is 0 Å². The molecule has 1 radical (unpaired) electrons. The summed E-state index contributed by atoms with van der Waals surface area (Å²) in [5.74, 6) is 1.71. The van der Waals surface area contributed by atoms with E-state index in [1.807, 2.05) is 24.3 Å². The molecule has 1 saturated carbocycles. The molecule has 1 nitrogen and oxygen atoms in total. The lowest BCUT2D eigenvalue weighted by molar-refractivity contribution is 0.208. The summed E-state index contributed by atoms with van der Waals surface area (Å²) < 4.78 is 5.81. The molecule has 1 aromatic rings. The summed E-state index contributed by atoms with van der Waals surface area (Å²) in [4.78, 5) is 0. The van der Waals surface area contributed by atoms with E-state index in [9.17, 15) is 0 Å². The average molecular weight is 203 g/mol. The quantitative estimate of drug-likeness (QED) is 0.725. The number of rotatable bonds is 3. The van der Waals surface area contributed by atoms with Crippen molar-refractivity contribution < 1.29 is 4.74 Å². The first kappa shape index (κ1) is 10.5. The van der Waals surface area contributed by atoms with Gasteiger partial charge in [0, 0.05) is 0 Å². The molecule has 0 aromatic heterocycles. The maximum Gasteiger partial charge on any atom is 0.122 e. The van der Waals surface area contributed by atoms with Crippen LogP contribution in [0.2, 0.25) is 0 Å². The van der Waals surface area contributed by atoms with Crippen LogP contribution in [0.3, 0.4) is 0 Å². The fraction of sp³-hybridized carbons (Fsp3) is 0.500. The number of hydrogen-bond donors (Lipinski definition) is 0. The maximum atomic E-state index is 5.81. The molecule has 0 aliphatic heterocycles. The van der Waals surface area contributed by atoms with Gasteiger partial charge >= 0.3 is 0 Å². The molecule has 0 unspecified atom stereocenters. The minimum atomic E-state index is 0.762. The Balaban J connectivity index is 1.84. The summed E-state index contributed by atoms with van der Waals surface area (Å²) in [6, 6.07) is 8.00. The highest BCUT2D eigenvalue weighted by Crippen LogP contribution is 2.25. The molecule has 0 heterocycles. The van der Waals surface area contributed by atoms with Crippen LogP contribution in [-0.4, -0.2) is 6.61 Å². The Labute approximate surface area is 92.5 Å². The highest BCUT2D eigenvalue weighted by Gasteiger charge is 2.14. The largest absolute Gasteiger partial charge is 0.493 e. The first-order valence-corrected chi connectivity index (χ1v) is 5.90. The molecule has 15 heavy (non-hydrogen) atoms. The van der Waals surface area contributed by atoms with Crippen LogP contribution in [0.15, 0.2) is 24.3 Å². The Morgan fingerprint density at radius 2 is 1.87 bits per heavy atom. The van der Waals surface area contributed by atoms with Crippen molar-refractivity contribution in [3.63, 3.8) is 0 Å². The minimum absolute atomic E-state index is 0.762. The smallest absolute Gasteiger partial charge is 0.122 e. The Morgan fingerprint density at radius 1 is 1.13 bits per heavy atom. The zero-order chi connectivity index (χ0) is 10.5. The molecular formula is C14H19O. The predicted molar refractivity (Wildman–Crippen MR) is 63.0 cm³/mol. The summed E-state index contributed by atoms with van der Waals surface area (Å²) in [6.45, 7) is 4.83. The highest BCUT2D eigenvalue weighted by molar-refractivity contribution is 5.35. The molecule has 0 spiro atoms. The molecular weight excluding hydrogens is 184 g/mol. The van der Waals surface area contributed by atoms with Gasteiger partial charge in [0.1, 0.15) is 5.75 Å². The molecule has 0 N–H and O–H groups in total. The van der Waals surface area contributed by atoms with Crippen molar-refractivity contribution in [3.05, 3.63) is 36.8 Å². The van der Waals surface area contributed by atoms with Gasteiger partial charge in [-0.3, -0.25) is 0 Å². The molecule has 1 aliphatic rings. The normalized spacial score (nSPS) is 17.7. The summed E-state index contributed by atoms with van der Waals surface area (Å²) in [5.41, 5.74) is 0.994. The molecule has 0 bridgehead atoms. The van der Waals surface area contributed by atoms with E-state index < -0.39 is 0 Å². The van der Waals surface area contributed by atoms with E-state index in [0.29, 0.717) is 0 Å². The molecule has 2 rings (SSSR count). The van der Waals surface area contributed by atoms with E-state index in [-0.39, 0.29) is 0 Å². The third-order valence-corrected chi connectivity index (χ3v) is 3.17. The van der Waals surface area contributed by atoms with Crippen LogP contribution in [-0.2, 0) is 0 Å². The number of para-hydroxylation sites is 1. The van der Waals surface area contributed by atoms with Crippen molar-refractivity contribution >= 4 is 0 Å². The first-order chi connectivity index (χ1) is 7.36. The monoisotopic (exact) mass is 203 g/mol. The SMILES string of the molecule is [CH2]c1ccccc1OCC1CCCCC1. The summed E-state index contributed by atoms with van der Waals surface area (Å²) >= 11 is 0. The van der Waals surface area contributed by atoms with Crippen molar-refractivity contribution in [2.45, 2.75) is 32.1 Å². The van der Waals surface area contributed by atoms with Crippen LogP contribution < -0.4 is 4.74 Å². The number of benzene rings is 1. The van der Waals surface area contributed by atoms with Gasteiger partial charge < -0.3 is 4.74 Å². The van der Waals surface area contributed by atoms with Gasteiger partial charge in [0.25, 0.3) is 0 Å². The van der Waals surface area contributed by atoms with Crippen molar-refractivity contribution in [1.29, 1.82) is 0 Å². The van der Waals surface area contributed by atoms with Gasteiger partial charge in [-0.25, -0.2) is 0 Å². The molecule has 0 atom stereocenters. The average Bonchev–Trinajstić information content (AvgIpc) is 2.29. The minimum Gasteiger partial charge on any atom is -0.493 e. The van der Waals surface area contributed by atoms with Crippen molar-refractivity contribution in [2.75, 3.05) is 6.61 Å².